The Morgan fingerprint density at radius 1 is 1.44 bits per heavy atom. The highest BCUT2D eigenvalue weighted by molar-refractivity contribution is 9.10. The predicted octanol–water partition coefficient (Wildman–Crippen LogP) is 3.51. The van der Waals surface area contributed by atoms with Gasteiger partial charge >= 0.3 is 0 Å². The van der Waals surface area contributed by atoms with Crippen molar-refractivity contribution in [1.82, 2.24) is 10.3 Å². The average Bonchev–Trinajstić information content (AvgIpc) is 2.79. The normalized spacial score (nSPS) is 18.9. The van der Waals surface area contributed by atoms with Crippen molar-refractivity contribution in [1.29, 1.82) is 0 Å². The quantitative estimate of drug-likeness (QED) is 0.855. The number of rotatable bonds is 4. The maximum atomic E-state index is 4.43. The van der Waals surface area contributed by atoms with E-state index in [2.05, 4.69) is 39.2 Å². The van der Waals surface area contributed by atoms with Gasteiger partial charge in [0.1, 0.15) is 4.60 Å². The van der Waals surface area contributed by atoms with Crippen molar-refractivity contribution in [2.24, 2.45) is 5.92 Å². The maximum Gasteiger partial charge on any atom is 0.106 e. The highest BCUT2D eigenvalue weighted by Gasteiger charge is 2.20. The minimum atomic E-state index is 0.614. The van der Waals surface area contributed by atoms with Crippen LogP contribution in [0.15, 0.2) is 22.8 Å². The minimum absolute atomic E-state index is 0.614. The SMILES string of the molecule is C[C@@H](NCc1cccc(Br)n1)C1CCCC1. The van der Waals surface area contributed by atoms with Crippen LogP contribution in [0.2, 0.25) is 0 Å². The molecule has 16 heavy (non-hydrogen) atoms. The summed E-state index contributed by atoms with van der Waals surface area (Å²) in [5.41, 5.74) is 1.11. The largest absolute Gasteiger partial charge is 0.308 e. The first-order chi connectivity index (χ1) is 7.75. The van der Waals surface area contributed by atoms with Crippen molar-refractivity contribution >= 4 is 15.9 Å². The topological polar surface area (TPSA) is 24.9 Å². The second-order valence-electron chi connectivity index (χ2n) is 4.67. The summed E-state index contributed by atoms with van der Waals surface area (Å²) in [6.07, 6.45) is 5.60. The van der Waals surface area contributed by atoms with Gasteiger partial charge in [0.25, 0.3) is 0 Å². The summed E-state index contributed by atoms with van der Waals surface area (Å²) in [6.45, 7) is 3.17. The molecule has 1 aromatic heterocycles. The van der Waals surface area contributed by atoms with Gasteiger partial charge in [-0.15, -0.1) is 0 Å². The van der Waals surface area contributed by atoms with Crippen LogP contribution < -0.4 is 5.32 Å². The molecule has 1 fully saturated rings. The van der Waals surface area contributed by atoms with Gasteiger partial charge in [-0.25, -0.2) is 4.98 Å². The molecule has 0 aromatic carbocycles. The van der Waals surface area contributed by atoms with Crippen LogP contribution in [-0.4, -0.2) is 11.0 Å². The highest BCUT2D eigenvalue weighted by atomic mass is 79.9. The minimum Gasteiger partial charge on any atom is -0.308 e. The molecule has 0 radical (unpaired) electrons. The first kappa shape index (κ1) is 12.1. The molecule has 2 rings (SSSR count). The number of nitrogens with one attached hydrogen (secondary N) is 1. The number of halogens is 1. The maximum absolute atomic E-state index is 4.43. The van der Waals surface area contributed by atoms with Gasteiger partial charge in [-0.2, -0.15) is 0 Å². The van der Waals surface area contributed by atoms with E-state index in [9.17, 15) is 0 Å². The van der Waals surface area contributed by atoms with Gasteiger partial charge < -0.3 is 5.32 Å². The molecule has 0 unspecified atom stereocenters. The Bertz CT molecular complexity index is 334. The molecule has 0 saturated heterocycles. The van der Waals surface area contributed by atoms with Gasteiger partial charge in [0.15, 0.2) is 0 Å². The van der Waals surface area contributed by atoms with Crippen LogP contribution in [0, 0.1) is 5.92 Å². The van der Waals surface area contributed by atoms with Crippen LogP contribution in [0.3, 0.4) is 0 Å². The molecule has 0 amide bonds. The van der Waals surface area contributed by atoms with Gasteiger partial charge in [-0.1, -0.05) is 18.9 Å². The summed E-state index contributed by atoms with van der Waals surface area (Å²) in [6, 6.07) is 6.68. The Morgan fingerprint density at radius 2 is 2.19 bits per heavy atom. The Kier molecular flexibility index (Phi) is 4.36. The number of hydrogen-bond acceptors (Lipinski definition) is 2. The molecule has 3 heteroatoms. The molecule has 1 heterocycles. The van der Waals surface area contributed by atoms with E-state index in [-0.39, 0.29) is 0 Å². The van der Waals surface area contributed by atoms with E-state index >= 15 is 0 Å². The third kappa shape index (κ3) is 3.29. The molecule has 1 N–H and O–H groups in total. The molecule has 88 valence electrons. The summed E-state index contributed by atoms with van der Waals surface area (Å²) in [7, 11) is 0. The Morgan fingerprint density at radius 3 is 2.88 bits per heavy atom. The molecule has 1 atom stereocenters. The first-order valence-electron chi connectivity index (χ1n) is 6.10. The molecule has 1 aliphatic carbocycles. The number of pyridine rings is 1. The third-order valence-electron chi connectivity index (χ3n) is 3.48. The molecule has 0 spiro atoms. The van der Waals surface area contributed by atoms with Crippen molar-refractivity contribution in [3.63, 3.8) is 0 Å². The molecule has 0 bridgehead atoms. The fourth-order valence-electron chi connectivity index (χ4n) is 2.44. The Labute approximate surface area is 106 Å². The van der Waals surface area contributed by atoms with E-state index in [1.807, 2.05) is 12.1 Å². The third-order valence-corrected chi connectivity index (χ3v) is 3.93. The zero-order valence-electron chi connectivity index (χ0n) is 9.75. The lowest BCUT2D eigenvalue weighted by atomic mass is 10.00. The molecule has 1 aliphatic rings. The smallest absolute Gasteiger partial charge is 0.106 e. The monoisotopic (exact) mass is 282 g/mol. The molecular formula is C13H19BrN2. The number of nitrogens with zero attached hydrogens (tertiary/aromatic N) is 1. The lowest BCUT2D eigenvalue weighted by Gasteiger charge is -2.20. The average molecular weight is 283 g/mol. The van der Waals surface area contributed by atoms with Gasteiger partial charge in [0.2, 0.25) is 0 Å². The molecular weight excluding hydrogens is 264 g/mol. The van der Waals surface area contributed by atoms with E-state index < -0.39 is 0 Å². The van der Waals surface area contributed by atoms with Crippen molar-refractivity contribution in [3.8, 4) is 0 Å². The summed E-state index contributed by atoms with van der Waals surface area (Å²) < 4.78 is 0.917. The molecule has 1 aromatic rings. The first-order valence-corrected chi connectivity index (χ1v) is 6.90. The van der Waals surface area contributed by atoms with Crippen LogP contribution in [0.25, 0.3) is 0 Å². The van der Waals surface area contributed by atoms with Crippen molar-refractivity contribution in [2.45, 2.75) is 45.2 Å². The van der Waals surface area contributed by atoms with Gasteiger partial charge in [0, 0.05) is 12.6 Å². The predicted molar refractivity (Wildman–Crippen MR) is 70.2 cm³/mol. The summed E-state index contributed by atoms with van der Waals surface area (Å²) in [5.74, 6) is 0.868. The van der Waals surface area contributed by atoms with E-state index in [1.54, 1.807) is 0 Å². The summed E-state index contributed by atoms with van der Waals surface area (Å²) in [4.78, 5) is 4.43. The molecule has 1 saturated carbocycles. The van der Waals surface area contributed by atoms with E-state index in [4.69, 9.17) is 0 Å². The van der Waals surface area contributed by atoms with Crippen LogP contribution in [0.1, 0.15) is 38.3 Å². The Balaban J connectivity index is 1.82. The van der Waals surface area contributed by atoms with Crippen LogP contribution >= 0.6 is 15.9 Å². The number of aromatic nitrogens is 1. The van der Waals surface area contributed by atoms with Crippen LogP contribution in [0.5, 0.6) is 0 Å². The fraction of sp³-hybridized carbons (Fsp3) is 0.615. The van der Waals surface area contributed by atoms with E-state index in [0.717, 1.165) is 22.8 Å². The lowest BCUT2D eigenvalue weighted by molar-refractivity contribution is 0.379. The van der Waals surface area contributed by atoms with Crippen LogP contribution in [0.4, 0.5) is 0 Å². The van der Waals surface area contributed by atoms with Gasteiger partial charge in [-0.3, -0.25) is 0 Å². The summed E-state index contributed by atoms with van der Waals surface area (Å²) in [5, 5.41) is 3.58. The zero-order chi connectivity index (χ0) is 11.4. The van der Waals surface area contributed by atoms with Crippen molar-refractivity contribution in [2.75, 3.05) is 0 Å². The molecule has 2 nitrogen and oxygen atoms in total. The van der Waals surface area contributed by atoms with E-state index in [0.29, 0.717) is 6.04 Å². The van der Waals surface area contributed by atoms with Crippen molar-refractivity contribution < 1.29 is 0 Å². The molecule has 0 aliphatic heterocycles. The fourth-order valence-corrected chi connectivity index (χ4v) is 2.82. The number of hydrogen-bond donors (Lipinski definition) is 1. The second-order valence-corrected chi connectivity index (χ2v) is 5.48. The van der Waals surface area contributed by atoms with Gasteiger partial charge in [-0.05, 0) is 53.7 Å². The van der Waals surface area contributed by atoms with Crippen molar-refractivity contribution in [3.05, 3.63) is 28.5 Å². The highest BCUT2D eigenvalue weighted by Crippen LogP contribution is 2.27. The van der Waals surface area contributed by atoms with E-state index in [1.165, 1.54) is 25.7 Å². The summed E-state index contributed by atoms with van der Waals surface area (Å²) >= 11 is 3.40. The van der Waals surface area contributed by atoms with Gasteiger partial charge in [0.05, 0.1) is 5.69 Å². The lowest BCUT2D eigenvalue weighted by Crippen LogP contribution is -2.31. The standard InChI is InChI=1S/C13H19BrN2/c1-10(11-5-2-3-6-11)15-9-12-7-4-8-13(14)16-12/h4,7-8,10-11,15H,2-3,5-6,9H2,1H3/t10-/m1/s1. The van der Waals surface area contributed by atoms with Crippen LogP contribution in [-0.2, 0) is 6.54 Å². The zero-order valence-corrected chi connectivity index (χ0v) is 11.3. The second kappa shape index (κ2) is 5.78. The Hall–Kier alpha value is -0.410.